The van der Waals surface area contributed by atoms with E-state index in [1.807, 2.05) is 30.3 Å². The van der Waals surface area contributed by atoms with Crippen molar-refractivity contribution in [2.75, 3.05) is 6.54 Å². The summed E-state index contributed by atoms with van der Waals surface area (Å²) >= 11 is 0. The Bertz CT molecular complexity index is 525. The van der Waals surface area contributed by atoms with Gasteiger partial charge in [0.15, 0.2) is 0 Å². The van der Waals surface area contributed by atoms with Crippen molar-refractivity contribution in [1.82, 2.24) is 10.2 Å². The summed E-state index contributed by atoms with van der Waals surface area (Å²) < 4.78 is 0. The number of piperazine rings is 1. The molecule has 2 fully saturated rings. The quantitative estimate of drug-likeness (QED) is 0.902. The van der Waals surface area contributed by atoms with E-state index < -0.39 is 12.1 Å². The Morgan fingerprint density at radius 1 is 1.19 bits per heavy atom. The molecule has 0 spiro atoms. The second-order valence-electron chi connectivity index (χ2n) is 6.16. The minimum absolute atomic E-state index is 0.0271. The highest BCUT2D eigenvalue weighted by atomic mass is 16.2. The summed E-state index contributed by atoms with van der Waals surface area (Å²) in [6.45, 7) is 2.43. The second kappa shape index (κ2) is 5.88. The highest BCUT2D eigenvalue weighted by Crippen LogP contribution is 2.34. The van der Waals surface area contributed by atoms with Crippen LogP contribution in [0.5, 0.6) is 0 Å². The Kier molecular flexibility index (Phi) is 3.95. The molecule has 21 heavy (non-hydrogen) atoms. The molecular weight excluding hydrogens is 264 g/mol. The van der Waals surface area contributed by atoms with Gasteiger partial charge in [-0.2, -0.15) is 0 Å². The first-order chi connectivity index (χ1) is 10.2. The maximum absolute atomic E-state index is 12.5. The fourth-order valence-corrected chi connectivity index (χ4v) is 3.03. The van der Waals surface area contributed by atoms with Gasteiger partial charge in [0.25, 0.3) is 0 Å². The number of benzene rings is 1. The Morgan fingerprint density at radius 3 is 2.57 bits per heavy atom. The van der Waals surface area contributed by atoms with Crippen LogP contribution in [0.15, 0.2) is 30.3 Å². The van der Waals surface area contributed by atoms with E-state index in [0.29, 0.717) is 6.54 Å². The number of nitrogens with zero attached hydrogens (tertiary/aromatic N) is 1. The van der Waals surface area contributed by atoms with E-state index in [1.165, 1.54) is 19.3 Å². The molecule has 1 aromatic carbocycles. The van der Waals surface area contributed by atoms with E-state index in [1.54, 1.807) is 11.8 Å². The minimum Gasteiger partial charge on any atom is -0.342 e. The van der Waals surface area contributed by atoms with Gasteiger partial charge in [0.1, 0.15) is 12.1 Å². The molecule has 2 aliphatic rings. The van der Waals surface area contributed by atoms with Gasteiger partial charge in [-0.15, -0.1) is 0 Å². The molecule has 0 aromatic heterocycles. The van der Waals surface area contributed by atoms with Crippen LogP contribution in [0.3, 0.4) is 0 Å². The lowest BCUT2D eigenvalue weighted by Gasteiger charge is -2.38. The van der Waals surface area contributed by atoms with Crippen LogP contribution in [0.25, 0.3) is 0 Å². The van der Waals surface area contributed by atoms with Crippen molar-refractivity contribution in [2.24, 2.45) is 5.92 Å². The van der Waals surface area contributed by atoms with Gasteiger partial charge in [0.2, 0.25) is 11.8 Å². The van der Waals surface area contributed by atoms with E-state index >= 15 is 0 Å². The monoisotopic (exact) mass is 286 g/mol. The van der Waals surface area contributed by atoms with E-state index in [9.17, 15) is 9.59 Å². The van der Waals surface area contributed by atoms with Crippen molar-refractivity contribution >= 4 is 11.8 Å². The number of carbonyl (C=O) groups is 2. The number of rotatable bonds is 5. The molecule has 2 atom stereocenters. The first-order valence-electron chi connectivity index (χ1n) is 7.82. The van der Waals surface area contributed by atoms with Crippen LogP contribution in [0.1, 0.15) is 44.2 Å². The second-order valence-corrected chi connectivity index (χ2v) is 6.16. The number of hydrogen-bond acceptors (Lipinski definition) is 2. The third-order valence-electron chi connectivity index (χ3n) is 4.40. The van der Waals surface area contributed by atoms with Crippen LogP contribution in [-0.2, 0) is 9.59 Å². The first-order valence-corrected chi connectivity index (χ1v) is 7.82. The van der Waals surface area contributed by atoms with Crippen molar-refractivity contribution < 1.29 is 9.59 Å². The van der Waals surface area contributed by atoms with Crippen LogP contribution in [0, 0.1) is 5.92 Å². The lowest BCUT2D eigenvalue weighted by molar-refractivity contribution is -0.149. The number of carbonyl (C=O) groups excluding carboxylic acids is 2. The van der Waals surface area contributed by atoms with Gasteiger partial charge in [-0.1, -0.05) is 43.2 Å². The molecule has 0 radical (unpaired) electrons. The molecule has 4 heteroatoms. The molecule has 2 unspecified atom stereocenters. The molecule has 1 aromatic rings. The van der Waals surface area contributed by atoms with E-state index in [0.717, 1.165) is 17.9 Å². The van der Waals surface area contributed by atoms with Gasteiger partial charge in [0, 0.05) is 6.54 Å². The summed E-state index contributed by atoms with van der Waals surface area (Å²) in [7, 11) is 0. The molecule has 1 heterocycles. The third kappa shape index (κ3) is 3.09. The highest BCUT2D eigenvalue weighted by molar-refractivity contribution is 5.97. The molecule has 1 N–H and O–H groups in total. The van der Waals surface area contributed by atoms with Gasteiger partial charge in [-0.25, -0.2) is 0 Å². The Labute approximate surface area is 125 Å². The lowest BCUT2D eigenvalue weighted by atomic mass is 9.99. The highest BCUT2D eigenvalue weighted by Gasteiger charge is 2.39. The Morgan fingerprint density at radius 2 is 1.90 bits per heavy atom. The Balaban J connectivity index is 1.77. The lowest BCUT2D eigenvalue weighted by Crippen LogP contribution is -2.58. The zero-order valence-electron chi connectivity index (χ0n) is 12.4. The van der Waals surface area contributed by atoms with Crippen molar-refractivity contribution in [1.29, 1.82) is 0 Å². The predicted octanol–water partition coefficient (Wildman–Crippen LogP) is 2.26. The average molecular weight is 286 g/mol. The maximum atomic E-state index is 12.5. The molecule has 1 aliphatic heterocycles. The standard InChI is InChI=1S/C17H22N2O2/c1-12-17(21)19(11-5-6-13-9-10-13)15(16(20)18-12)14-7-3-2-4-8-14/h2-4,7-8,12-13,15H,5-6,9-11H2,1H3,(H,18,20). The van der Waals surface area contributed by atoms with Crippen molar-refractivity contribution in [3.63, 3.8) is 0 Å². The zero-order chi connectivity index (χ0) is 14.8. The van der Waals surface area contributed by atoms with Crippen molar-refractivity contribution in [3.05, 3.63) is 35.9 Å². The zero-order valence-corrected chi connectivity index (χ0v) is 12.4. The van der Waals surface area contributed by atoms with Gasteiger partial charge in [-0.3, -0.25) is 9.59 Å². The summed E-state index contributed by atoms with van der Waals surface area (Å²) in [6, 6.07) is 8.68. The number of nitrogens with one attached hydrogen (secondary N) is 1. The SMILES string of the molecule is CC1NC(=O)C(c2ccccc2)N(CCCC2CC2)C1=O. The van der Waals surface area contributed by atoms with Crippen LogP contribution in [0.2, 0.25) is 0 Å². The van der Waals surface area contributed by atoms with Crippen LogP contribution in [-0.4, -0.2) is 29.3 Å². The summed E-state index contributed by atoms with van der Waals surface area (Å²) in [4.78, 5) is 26.6. The molecular formula is C17H22N2O2. The van der Waals surface area contributed by atoms with Crippen LogP contribution < -0.4 is 5.32 Å². The molecule has 112 valence electrons. The maximum Gasteiger partial charge on any atom is 0.248 e. The van der Waals surface area contributed by atoms with Crippen LogP contribution in [0.4, 0.5) is 0 Å². The van der Waals surface area contributed by atoms with E-state index in [2.05, 4.69) is 5.32 Å². The molecule has 3 rings (SSSR count). The van der Waals surface area contributed by atoms with Gasteiger partial charge < -0.3 is 10.2 Å². The van der Waals surface area contributed by atoms with Crippen molar-refractivity contribution in [2.45, 2.75) is 44.7 Å². The molecule has 1 saturated heterocycles. The largest absolute Gasteiger partial charge is 0.342 e. The normalized spacial score (nSPS) is 25.9. The summed E-state index contributed by atoms with van der Waals surface area (Å²) in [5.41, 5.74) is 0.890. The summed E-state index contributed by atoms with van der Waals surface area (Å²) in [6.07, 6.45) is 4.81. The predicted molar refractivity (Wildman–Crippen MR) is 80.5 cm³/mol. The fourth-order valence-electron chi connectivity index (χ4n) is 3.03. The van der Waals surface area contributed by atoms with Gasteiger partial charge >= 0.3 is 0 Å². The molecule has 4 nitrogen and oxygen atoms in total. The Hall–Kier alpha value is -1.84. The smallest absolute Gasteiger partial charge is 0.248 e. The minimum atomic E-state index is -0.478. The van der Waals surface area contributed by atoms with Crippen molar-refractivity contribution in [3.8, 4) is 0 Å². The summed E-state index contributed by atoms with van der Waals surface area (Å²) in [5.74, 6) is 0.810. The van der Waals surface area contributed by atoms with Gasteiger partial charge in [0.05, 0.1) is 0 Å². The number of hydrogen-bond donors (Lipinski definition) is 1. The molecule has 1 aliphatic carbocycles. The van der Waals surface area contributed by atoms with Gasteiger partial charge in [-0.05, 0) is 31.2 Å². The third-order valence-corrected chi connectivity index (χ3v) is 4.40. The average Bonchev–Trinajstić information content (AvgIpc) is 3.29. The van der Waals surface area contributed by atoms with E-state index in [4.69, 9.17) is 0 Å². The number of amides is 2. The molecule has 1 saturated carbocycles. The van der Waals surface area contributed by atoms with Crippen LogP contribution >= 0.6 is 0 Å². The molecule has 0 bridgehead atoms. The first kappa shape index (κ1) is 14.1. The molecule has 2 amide bonds. The fraction of sp³-hybridized carbons (Fsp3) is 0.529. The topological polar surface area (TPSA) is 49.4 Å². The summed E-state index contributed by atoms with van der Waals surface area (Å²) in [5, 5.41) is 2.79. The van der Waals surface area contributed by atoms with E-state index in [-0.39, 0.29) is 11.8 Å².